The standard InChI is InChI=1S/C62H104N4O44/c1-14-31(76)41(86)45(90)58(96-14)109-52-43(88)34(79)21(8-68)102-61(52)106-49-29(65-18(5)74)56(100-23(10-70)36(49)81)95-13-26-39(84)51(47(92)60(104-26)105-48-28(64-17(4)73)54(93)98-25(38(48)83)12-94-55-27(63-16(3)72)40(85)33(78)20(7-67)99-55)108-57-30(66-19(6)75)50(37(82)24(11-71)101-57)107-62-53(44(89)35(80)22(9-69)103-62)110-59-46(91)42(87)32(77)15(2)97-59/h14-15,20-62,67-71,76-93H,7-13H2,1-6H3,(H,63,72)(H,64,73)(H,65,74)(H,66,75)/t14-,15-,20+,21+,22+,23+,24+,25+,26+,27+,28+,29+,30+,31+,32+,33+,34-,35-,36+,37+,38-,39-,40+,41+,42+,43-,44-,45-,46-,47+,48+,49+,50+,51-,52+,53+,54?,55+,56+,57-,58-,59-,60-,61-,62-/m0/s1. The predicted octanol–water partition coefficient (Wildman–Crippen LogP) is -18.0. The molecule has 0 aromatic carbocycles. The minimum atomic E-state index is -2.54. The second kappa shape index (κ2) is 39.0. The van der Waals surface area contributed by atoms with Gasteiger partial charge in [0.25, 0.3) is 0 Å². The third kappa shape index (κ3) is 19.9. The number of aliphatic hydroxyl groups excluding tert-OH is 23. The fraction of sp³-hybridized carbons (Fsp3) is 0.935. The first-order chi connectivity index (χ1) is 51.9. The first kappa shape index (κ1) is 90.2. The van der Waals surface area contributed by atoms with E-state index in [1.807, 2.05) is 0 Å². The van der Waals surface area contributed by atoms with Gasteiger partial charge in [0.05, 0.1) is 58.5 Å². The van der Waals surface area contributed by atoms with Crippen molar-refractivity contribution in [1.82, 2.24) is 21.3 Å². The molecule has 0 aromatic heterocycles. The van der Waals surface area contributed by atoms with E-state index in [4.69, 9.17) is 80.5 Å². The molecule has 0 aliphatic carbocycles. The third-order valence-corrected chi connectivity index (χ3v) is 20.3. The normalized spacial score (nSPS) is 49.6. The van der Waals surface area contributed by atoms with Crippen molar-refractivity contribution < 1.29 is 217 Å². The molecule has 0 aromatic rings. The Kier molecular flexibility index (Phi) is 32.0. The quantitative estimate of drug-likeness (QED) is 0.0363. The van der Waals surface area contributed by atoms with E-state index in [9.17, 15) is 137 Å². The van der Waals surface area contributed by atoms with Crippen molar-refractivity contribution in [2.24, 2.45) is 0 Å². The van der Waals surface area contributed by atoms with Gasteiger partial charge in [-0.2, -0.15) is 0 Å². The van der Waals surface area contributed by atoms with Gasteiger partial charge < -0.3 is 219 Å². The van der Waals surface area contributed by atoms with Crippen LogP contribution in [-0.4, -0.2) is 463 Å². The highest BCUT2D eigenvalue weighted by Crippen LogP contribution is 2.40. The summed E-state index contributed by atoms with van der Waals surface area (Å²) in [4.78, 5) is 51.9. The third-order valence-electron chi connectivity index (χ3n) is 20.3. The average molecular weight is 1610 g/mol. The Hall–Kier alpha value is -3.72. The Labute approximate surface area is 624 Å². The number of amides is 4. The summed E-state index contributed by atoms with van der Waals surface area (Å²) in [6.07, 6.45) is -82.1. The molecule has 1 unspecified atom stereocenters. The number of hydrogen-bond acceptors (Lipinski definition) is 44. The molecule has 9 saturated heterocycles. The number of hydrogen-bond donors (Lipinski definition) is 27. The highest BCUT2D eigenvalue weighted by molar-refractivity contribution is 5.74. The van der Waals surface area contributed by atoms with E-state index in [0.717, 1.165) is 27.7 Å². The summed E-state index contributed by atoms with van der Waals surface area (Å²) in [5.74, 6) is -3.66. The SMILES string of the molecule is CC(=O)N[C@H]1[C@H](OC[C@H]2OC(O)[C@H](NC(C)=O)[C@@H](O[C@@H]3O[C@H](CO[C@@H]4O[C@H](CO)[C@@H](O)[C@H](O[C@@H]5O[C@H](CO)[C@H](O)[C@H](O)[C@H]5O[C@@H]5O[C@@H](C)[C@@H](O)[C@@H](O)[C@@H]5O)[C@H]4NC(C)=O)[C@H](O)[C@H](O[C@@H]4O[C@H](CO)[C@@H](O)[C@H](O[C@@H]5O[C@H](CO)[C@H](O)[C@H](O)[C@H]5O[C@@H]5O[C@@H](C)[C@@H](O)[C@@H](O)[C@@H]5O)[C@H]4NC(C)=O)[C@H]3O)[C@H]2O)O[C@H](CO)[C@@H](O)[C@@H]1O. The van der Waals surface area contributed by atoms with E-state index in [0.29, 0.717) is 0 Å². The van der Waals surface area contributed by atoms with Crippen LogP contribution in [0.15, 0.2) is 0 Å². The fourth-order valence-corrected chi connectivity index (χ4v) is 14.2. The van der Waals surface area contributed by atoms with Crippen molar-refractivity contribution in [2.45, 2.75) is 318 Å². The number of aliphatic hydroxyl groups is 23. The summed E-state index contributed by atoms with van der Waals surface area (Å²) in [7, 11) is 0. The molecule has 0 radical (unpaired) electrons. The molecule has 48 nitrogen and oxygen atoms in total. The van der Waals surface area contributed by atoms with E-state index in [1.165, 1.54) is 13.8 Å². The number of rotatable bonds is 27. The van der Waals surface area contributed by atoms with E-state index in [2.05, 4.69) is 21.3 Å². The fourth-order valence-electron chi connectivity index (χ4n) is 14.2. The van der Waals surface area contributed by atoms with Crippen LogP contribution in [0.1, 0.15) is 41.5 Å². The van der Waals surface area contributed by atoms with Gasteiger partial charge in [0.1, 0.15) is 207 Å². The lowest BCUT2D eigenvalue weighted by atomic mass is 9.93. The van der Waals surface area contributed by atoms with Gasteiger partial charge in [-0.15, -0.1) is 0 Å². The van der Waals surface area contributed by atoms with Crippen LogP contribution in [-0.2, 0) is 99.7 Å². The summed E-state index contributed by atoms with van der Waals surface area (Å²) in [6.45, 7) is -0.970. The Bertz CT molecular complexity index is 2940. The number of ether oxygens (including phenoxy) is 17. The molecule has 4 amide bonds. The van der Waals surface area contributed by atoms with E-state index < -0.39 is 346 Å². The molecule has 48 heteroatoms. The molecule has 9 fully saturated rings. The van der Waals surface area contributed by atoms with Crippen LogP contribution in [0.4, 0.5) is 0 Å². The van der Waals surface area contributed by atoms with Gasteiger partial charge in [-0.1, -0.05) is 0 Å². The van der Waals surface area contributed by atoms with Gasteiger partial charge in [0, 0.05) is 27.7 Å². The summed E-state index contributed by atoms with van der Waals surface area (Å²) >= 11 is 0. The van der Waals surface area contributed by atoms with E-state index in [1.54, 1.807) is 0 Å². The first-order valence-corrected chi connectivity index (χ1v) is 35.3. The lowest BCUT2D eigenvalue weighted by molar-refractivity contribution is -0.390. The van der Waals surface area contributed by atoms with Gasteiger partial charge in [0.15, 0.2) is 56.6 Å². The van der Waals surface area contributed by atoms with Crippen LogP contribution in [0.3, 0.4) is 0 Å². The average Bonchev–Trinajstić information content (AvgIpc) is 0.768. The Morgan fingerprint density at radius 2 is 0.536 bits per heavy atom. The minimum absolute atomic E-state index is 0.773. The first-order valence-electron chi connectivity index (χ1n) is 35.3. The van der Waals surface area contributed by atoms with Gasteiger partial charge in [0.2, 0.25) is 23.6 Å². The zero-order chi connectivity index (χ0) is 81.1. The van der Waals surface area contributed by atoms with Gasteiger partial charge in [-0.3, -0.25) is 19.2 Å². The smallest absolute Gasteiger partial charge is 0.217 e. The molecule has 0 spiro atoms. The Morgan fingerprint density at radius 3 is 0.955 bits per heavy atom. The predicted molar refractivity (Wildman–Crippen MR) is 341 cm³/mol. The van der Waals surface area contributed by atoms with Crippen LogP contribution < -0.4 is 21.3 Å². The second-order valence-corrected chi connectivity index (χ2v) is 28.2. The molecule has 27 N–H and O–H groups in total. The van der Waals surface area contributed by atoms with Crippen LogP contribution in [0.25, 0.3) is 0 Å². The zero-order valence-electron chi connectivity index (χ0n) is 59.8. The highest BCUT2D eigenvalue weighted by atomic mass is 16.8. The van der Waals surface area contributed by atoms with Crippen molar-refractivity contribution in [2.75, 3.05) is 46.2 Å². The summed E-state index contributed by atoms with van der Waals surface area (Å²) < 4.78 is 101. The maximum Gasteiger partial charge on any atom is 0.217 e. The molecule has 45 atom stereocenters. The summed E-state index contributed by atoms with van der Waals surface area (Å²) in [6, 6.07) is -7.43. The lowest BCUT2D eigenvalue weighted by Gasteiger charge is -2.51. The monoisotopic (exact) mass is 1610 g/mol. The van der Waals surface area contributed by atoms with Crippen LogP contribution in [0, 0.1) is 0 Å². The molecular formula is C62H104N4O44. The highest BCUT2D eigenvalue weighted by Gasteiger charge is 2.61. The van der Waals surface area contributed by atoms with Gasteiger partial charge >= 0.3 is 0 Å². The molecule has 0 bridgehead atoms. The molecule has 9 aliphatic rings. The topological polar surface area (TPSA) is 739 Å². The second-order valence-electron chi connectivity index (χ2n) is 28.2. The van der Waals surface area contributed by atoms with Crippen LogP contribution in [0.2, 0.25) is 0 Å². The number of carbonyl (C=O) groups excluding carboxylic acids is 4. The summed E-state index contributed by atoms with van der Waals surface area (Å²) in [5.41, 5.74) is 0. The van der Waals surface area contributed by atoms with Crippen LogP contribution >= 0.6 is 0 Å². The van der Waals surface area contributed by atoms with E-state index in [-0.39, 0.29) is 0 Å². The molecule has 0 saturated carbocycles. The molecule has 636 valence electrons. The largest absolute Gasteiger partial charge is 0.394 e. The van der Waals surface area contributed by atoms with Crippen molar-refractivity contribution in [1.29, 1.82) is 0 Å². The lowest BCUT2D eigenvalue weighted by Crippen LogP contribution is -2.71. The van der Waals surface area contributed by atoms with Crippen molar-refractivity contribution in [3.8, 4) is 0 Å². The molecule has 9 aliphatic heterocycles. The maximum atomic E-state index is 13.4. The zero-order valence-corrected chi connectivity index (χ0v) is 59.8. The van der Waals surface area contributed by atoms with Crippen molar-refractivity contribution in [3.05, 3.63) is 0 Å². The summed E-state index contributed by atoms with van der Waals surface area (Å²) in [5, 5.41) is 266. The number of carbonyl (C=O) groups is 4. The number of nitrogens with one attached hydrogen (secondary N) is 4. The molecular weight excluding hydrogens is 1500 g/mol. The van der Waals surface area contributed by atoms with Gasteiger partial charge in [-0.05, 0) is 13.8 Å². The minimum Gasteiger partial charge on any atom is -0.394 e. The van der Waals surface area contributed by atoms with Gasteiger partial charge in [-0.25, -0.2) is 0 Å². The molecule has 9 rings (SSSR count). The Morgan fingerprint density at radius 1 is 0.255 bits per heavy atom. The molecule has 110 heavy (non-hydrogen) atoms. The van der Waals surface area contributed by atoms with Crippen molar-refractivity contribution in [3.63, 3.8) is 0 Å². The Balaban J connectivity index is 1.07. The molecule has 9 heterocycles. The van der Waals surface area contributed by atoms with Crippen LogP contribution in [0.5, 0.6) is 0 Å². The maximum absolute atomic E-state index is 13.4. The van der Waals surface area contributed by atoms with E-state index >= 15 is 0 Å². The van der Waals surface area contributed by atoms with Crippen molar-refractivity contribution >= 4 is 23.6 Å².